The minimum Gasteiger partial charge on any atom is -0.468 e. The second-order valence-corrected chi connectivity index (χ2v) is 4.64. The molecule has 0 bridgehead atoms. The molecule has 2 aliphatic rings. The van der Waals surface area contributed by atoms with Crippen LogP contribution >= 0.6 is 24.8 Å². The van der Waals surface area contributed by atoms with Gasteiger partial charge in [0.2, 0.25) is 0 Å². The lowest BCUT2D eigenvalue weighted by atomic mass is 10.1. The molecule has 1 aromatic rings. The Morgan fingerprint density at radius 2 is 2.22 bits per heavy atom. The SMILES string of the molecule is Cl.Cl.c1coc(CN2CCO[C@@H]3CNC[C@@H]3C2)c1. The van der Waals surface area contributed by atoms with Gasteiger partial charge in [0.1, 0.15) is 5.76 Å². The van der Waals surface area contributed by atoms with Crippen LogP contribution in [0.4, 0.5) is 0 Å². The van der Waals surface area contributed by atoms with E-state index < -0.39 is 0 Å². The van der Waals surface area contributed by atoms with Crippen LogP contribution in [0.1, 0.15) is 5.76 Å². The first-order valence-electron chi connectivity index (χ1n) is 5.99. The van der Waals surface area contributed by atoms with Gasteiger partial charge in [0, 0.05) is 32.1 Å². The van der Waals surface area contributed by atoms with Crippen molar-refractivity contribution in [3.8, 4) is 0 Å². The van der Waals surface area contributed by atoms with Crippen LogP contribution in [-0.2, 0) is 11.3 Å². The van der Waals surface area contributed by atoms with Crippen LogP contribution in [0.25, 0.3) is 0 Å². The van der Waals surface area contributed by atoms with Crippen LogP contribution in [0, 0.1) is 5.92 Å². The van der Waals surface area contributed by atoms with E-state index in [9.17, 15) is 0 Å². The summed E-state index contributed by atoms with van der Waals surface area (Å²) in [6.45, 7) is 5.95. The monoisotopic (exact) mass is 294 g/mol. The number of hydrogen-bond donors (Lipinski definition) is 1. The Morgan fingerprint density at radius 1 is 1.33 bits per heavy atom. The Balaban J connectivity index is 0.000000810. The summed E-state index contributed by atoms with van der Waals surface area (Å²) in [5, 5.41) is 3.40. The number of furan rings is 1. The standard InChI is InChI=1S/C12H18N2O2.2ClH/c1-2-11(15-4-1)9-14-3-5-16-12-7-13-6-10(12)8-14;;/h1-2,4,10,12-13H,3,5-9H2;2*1H/t10-,12-;;/m1../s1. The molecule has 0 amide bonds. The zero-order chi connectivity index (χ0) is 10.8. The second-order valence-electron chi connectivity index (χ2n) is 4.64. The van der Waals surface area contributed by atoms with Crippen molar-refractivity contribution in [2.24, 2.45) is 5.92 Å². The molecule has 3 heterocycles. The number of rotatable bonds is 2. The van der Waals surface area contributed by atoms with E-state index in [2.05, 4.69) is 10.2 Å². The fraction of sp³-hybridized carbons (Fsp3) is 0.667. The van der Waals surface area contributed by atoms with Gasteiger partial charge in [-0.25, -0.2) is 0 Å². The highest BCUT2D eigenvalue weighted by molar-refractivity contribution is 5.85. The predicted molar refractivity (Wildman–Crippen MR) is 74.6 cm³/mol. The van der Waals surface area contributed by atoms with Gasteiger partial charge in [-0.3, -0.25) is 4.90 Å². The molecular formula is C12H20Cl2N2O2. The minimum atomic E-state index is 0. The summed E-state index contributed by atoms with van der Waals surface area (Å²) < 4.78 is 11.2. The summed E-state index contributed by atoms with van der Waals surface area (Å²) in [6, 6.07) is 3.99. The summed E-state index contributed by atoms with van der Waals surface area (Å²) in [5.74, 6) is 1.68. The van der Waals surface area contributed by atoms with Crippen molar-refractivity contribution in [1.82, 2.24) is 10.2 Å². The molecule has 1 N–H and O–H groups in total. The minimum absolute atomic E-state index is 0. The lowest BCUT2D eigenvalue weighted by molar-refractivity contribution is 0.0570. The molecular weight excluding hydrogens is 275 g/mol. The smallest absolute Gasteiger partial charge is 0.117 e. The van der Waals surface area contributed by atoms with E-state index in [1.165, 1.54) is 0 Å². The largest absolute Gasteiger partial charge is 0.468 e. The van der Waals surface area contributed by atoms with Crippen molar-refractivity contribution in [2.45, 2.75) is 12.6 Å². The summed E-state index contributed by atoms with van der Waals surface area (Å²) in [6.07, 6.45) is 2.16. The van der Waals surface area contributed by atoms with Gasteiger partial charge < -0.3 is 14.5 Å². The van der Waals surface area contributed by atoms with Crippen molar-refractivity contribution in [1.29, 1.82) is 0 Å². The highest BCUT2D eigenvalue weighted by Crippen LogP contribution is 2.19. The summed E-state index contributed by atoms with van der Waals surface area (Å²) in [5.41, 5.74) is 0. The van der Waals surface area contributed by atoms with Gasteiger partial charge in [-0.15, -0.1) is 24.8 Å². The van der Waals surface area contributed by atoms with Gasteiger partial charge in [-0.05, 0) is 12.1 Å². The Labute approximate surface area is 120 Å². The molecule has 18 heavy (non-hydrogen) atoms. The van der Waals surface area contributed by atoms with Gasteiger partial charge in [0.25, 0.3) is 0 Å². The molecule has 0 aliphatic carbocycles. The molecule has 0 aromatic carbocycles. The number of ether oxygens (including phenoxy) is 1. The van der Waals surface area contributed by atoms with E-state index >= 15 is 0 Å². The lowest BCUT2D eigenvalue weighted by Crippen LogP contribution is -2.31. The fourth-order valence-electron chi connectivity index (χ4n) is 2.61. The van der Waals surface area contributed by atoms with Crippen LogP contribution in [0.3, 0.4) is 0 Å². The van der Waals surface area contributed by atoms with Crippen molar-refractivity contribution < 1.29 is 9.15 Å². The Hall–Kier alpha value is -0.260. The third-order valence-electron chi connectivity index (χ3n) is 3.47. The summed E-state index contributed by atoms with van der Waals surface area (Å²) >= 11 is 0. The molecule has 2 fully saturated rings. The van der Waals surface area contributed by atoms with Crippen LogP contribution in [0.5, 0.6) is 0 Å². The molecule has 1 aromatic heterocycles. The molecule has 0 spiro atoms. The topological polar surface area (TPSA) is 37.6 Å². The average Bonchev–Trinajstić information content (AvgIpc) is 2.88. The molecule has 6 heteroatoms. The first-order valence-corrected chi connectivity index (χ1v) is 5.99. The first-order chi connectivity index (χ1) is 7.92. The number of fused-ring (bicyclic) bond motifs is 1. The number of hydrogen-bond acceptors (Lipinski definition) is 4. The highest BCUT2D eigenvalue weighted by Gasteiger charge is 2.31. The first kappa shape index (κ1) is 15.8. The van der Waals surface area contributed by atoms with Crippen LogP contribution < -0.4 is 5.32 Å². The van der Waals surface area contributed by atoms with Crippen molar-refractivity contribution in [3.05, 3.63) is 24.2 Å². The van der Waals surface area contributed by atoms with Crippen molar-refractivity contribution >= 4 is 24.8 Å². The zero-order valence-corrected chi connectivity index (χ0v) is 11.8. The quantitative estimate of drug-likeness (QED) is 0.898. The lowest BCUT2D eigenvalue weighted by Gasteiger charge is -2.21. The van der Waals surface area contributed by atoms with Crippen molar-refractivity contribution in [3.63, 3.8) is 0 Å². The molecule has 2 aliphatic heterocycles. The molecule has 4 nitrogen and oxygen atoms in total. The maximum atomic E-state index is 5.84. The zero-order valence-electron chi connectivity index (χ0n) is 10.2. The third-order valence-corrected chi connectivity index (χ3v) is 3.47. The second kappa shape index (κ2) is 7.36. The van der Waals surface area contributed by atoms with Gasteiger partial charge in [-0.2, -0.15) is 0 Å². The average molecular weight is 295 g/mol. The molecule has 2 atom stereocenters. The van der Waals surface area contributed by atoms with E-state index in [1.54, 1.807) is 6.26 Å². The summed E-state index contributed by atoms with van der Waals surface area (Å²) in [7, 11) is 0. The maximum absolute atomic E-state index is 5.84. The van der Waals surface area contributed by atoms with E-state index in [-0.39, 0.29) is 24.8 Å². The van der Waals surface area contributed by atoms with E-state index in [0.29, 0.717) is 12.0 Å². The molecule has 0 saturated carbocycles. The van der Waals surface area contributed by atoms with E-state index in [1.807, 2.05) is 12.1 Å². The molecule has 0 unspecified atom stereocenters. The number of nitrogens with zero attached hydrogens (tertiary/aromatic N) is 1. The third kappa shape index (κ3) is 3.62. The van der Waals surface area contributed by atoms with Gasteiger partial charge >= 0.3 is 0 Å². The van der Waals surface area contributed by atoms with E-state index in [0.717, 1.165) is 45.1 Å². The fourth-order valence-corrected chi connectivity index (χ4v) is 2.61. The number of nitrogens with one attached hydrogen (secondary N) is 1. The van der Waals surface area contributed by atoms with Crippen LogP contribution in [0.2, 0.25) is 0 Å². The van der Waals surface area contributed by atoms with E-state index in [4.69, 9.17) is 9.15 Å². The van der Waals surface area contributed by atoms with Gasteiger partial charge in [0.05, 0.1) is 25.5 Å². The molecule has 104 valence electrons. The normalized spacial score (nSPS) is 27.8. The maximum Gasteiger partial charge on any atom is 0.117 e. The molecule has 3 rings (SSSR count). The Kier molecular flexibility index (Phi) is 6.46. The predicted octanol–water partition coefficient (Wildman–Crippen LogP) is 1.54. The molecule has 2 saturated heterocycles. The Bertz CT molecular complexity index is 335. The Morgan fingerprint density at radius 3 is 3.00 bits per heavy atom. The molecule has 0 radical (unpaired) electrons. The summed E-state index contributed by atoms with van der Waals surface area (Å²) in [4.78, 5) is 2.43. The number of halogens is 2. The van der Waals surface area contributed by atoms with Crippen LogP contribution in [0.15, 0.2) is 22.8 Å². The van der Waals surface area contributed by atoms with Gasteiger partial charge in [0.15, 0.2) is 0 Å². The van der Waals surface area contributed by atoms with Crippen LogP contribution in [-0.4, -0.2) is 43.8 Å². The highest BCUT2D eigenvalue weighted by atomic mass is 35.5. The van der Waals surface area contributed by atoms with Crippen molar-refractivity contribution in [2.75, 3.05) is 32.8 Å². The van der Waals surface area contributed by atoms with Gasteiger partial charge in [-0.1, -0.05) is 0 Å².